The first-order valence-corrected chi connectivity index (χ1v) is 27.3. The van der Waals surface area contributed by atoms with Gasteiger partial charge in [-0.05, 0) is 168 Å². The van der Waals surface area contributed by atoms with E-state index >= 15 is 0 Å². The van der Waals surface area contributed by atoms with Crippen LogP contribution in [0.25, 0.3) is 0 Å². The summed E-state index contributed by atoms with van der Waals surface area (Å²) < 4.78 is 706. The number of benzene rings is 4. The summed E-state index contributed by atoms with van der Waals surface area (Å²) in [6.45, 7) is -30.4. The van der Waals surface area contributed by atoms with Crippen molar-refractivity contribution in [3.63, 3.8) is 0 Å². The van der Waals surface area contributed by atoms with Gasteiger partial charge in [-0.15, -0.1) is 0 Å². The van der Waals surface area contributed by atoms with Crippen molar-refractivity contribution in [3.05, 3.63) is 92.8 Å². The molecule has 12 rings (SSSR count). The predicted octanol–water partition coefficient (Wildman–Crippen LogP) is 13.7. The number of ether oxygens (including phenoxy) is 8. The summed E-state index contributed by atoms with van der Waals surface area (Å²) in [5.74, 6) is -39.2. The van der Waals surface area contributed by atoms with Gasteiger partial charge in [0.25, 0.3) is 0 Å². The molecule has 0 bridgehead atoms. The molecule has 0 N–H and O–H groups in total. The summed E-state index contributed by atoms with van der Waals surface area (Å²) in [6.07, 6.45) is -41.7. The molecule has 0 aromatic heterocycles. The van der Waals surface area contributed by atoms with E-state index in [1.54, 1.807) is 13.8 Å². The van der Waals surface area contributed by atoms with Crippen LogP contribution >= 0.6 is 0 Å². The summed E-state index contributed by atoms with van der Waals surface area (Å²) >= 11 is 0. The summed E-state index contributed by atoms with van der Waals surface area (Å²) in [5.41, 5.74) is -10.5. The SMILES string of the molecule is [2H]c1c(OC([2H])([2H])[2H])c(OC([2H])([2H])[2H])c([2H])c2c1C([2H])([2H])C([2H])([2H])N1C([2H])([2H])C([2H])(C([2H])([2H])C([2H])(C([2H])[2H])C([2H])([2H])C)C(=O)C([2H])([2H])C21[2H].[2H]c1c(OC([2H])([2H])[2H])c(OC([2H])([2H])[2H])c([2H])c2c1C([2H])([2H])C([2H])([2H])N1C([2H])([2H])C([2H])(CC(C)C)C(=O)C([2H])([2H])C21[2H].[2H]c1c(OC([2H])([2H])[2H])c(OC([2H])([2H])[2H])c([2H])c2c1C1([2H])CC(=O)C(C([2H])([2H])C([2H])(C([2H])([2H])[2H])C([2H])([2H])C)C([2H])([2H])N1C([2H])([2H])C2([2H])[2H].[2H]c1c(OC([2H])([2H])[2H])c(OC([2H])([2H])[2H])c([2H])c2c1C1([2H])CC(=O)C(CC(C)C)C([2H])([2H])N1C([2H])([2H])C2([2H])[2H]. The van der Waals surface area contributed by atoms with E-state index in [1.165, 1.54) is 13.8 Å². The van der Waals surface area contributed by atoms with Gasteiger partial charge in [0.05, 0.1) is 106 Å². The number of rotatable bonds is 18. The molecule has 0 amide bonds. The van der Waals surface area contributed by atoms with Crippen LogP contribution in [-0.4, -0.2) is 151 Å². The Kier molecular flexibility index (Phi) is 7.36. The maximum atomic E-state index is 14.2. The van der Waals surface area contributed by atoms with Gasteiger partial charge in [0.1, 0.15) is 23.1 Å². The number of Topliss-reactive ketones (excluding diaryl/α,β-unsaturated/α-hetero) is 4. The van der Waals surface area contributed by atoms with Gasteiger partial charge in [-0.25, -0.2) is 0 Å². The fourth-order valence-electron chi connectivity index (χ4n) is 9.20. The maximum absolute atomic E-state index is 14.2. The first-order valence-electron chi connectivity index (χ1n) is 68.0. The summed E-state index contributed by atoms with van der Waals surface area (Å²) in [5, 5.41) is 0. The number of hydrogen-bond acceptors (Lipinski definition) is 16. The van der Waals surface area contributed by atoms with Crippen LogP contribution in [0.4, 0.5) is 0 Å². The van der Waals surface area contributed by atoms with Crippen molar-refractivity contribution in [2.45, 2.75) is 169 Å². The Labute approximate surface area is 676 Å². The standard InChI is InChI=1S/2C20H29NO3.2C19H27NO3/c2*1-5-13(2)8-15-12-21-7-6-14-9-19(23-3)20(24-4)10-16(14)17(21)11-18(15)22;2*1-12(2)7-14-11-20-6-5-13-8-18(22-3)19(23-4)9-15(13)16(20)10-17(14)21/h2*9-10,13,15,17H,5-8,11-12H2,1-4H3;2*8-9,12,14,16H,5-7,10-11H2,1-4H3/i2D2,3D3,4D3,5D2,6D2,7D2,8D2,9D,10D,11D2,12D2,13D,15D,17D;2D3,3D3,4D3,5D2,6D2,7D2,8D2,9D,10D,12D2,13D,17D;3D3,4D3,5D2,6D2,8D,9D,10D2,11D2,14D,16D;3D3,4D3,5D2,6D2,8D,9D,11D2,16D. The molecule has 0 saturated carbocycles. The van der Waals surface area contributed by atoms with Crippen LogP contribution in [0.15, 0.2) is 48.3 Å². The molecule has 16 nitrogen and oxygen atoms in total. The second-order valence-electron chi connectivity index (χ2n) is 20.6. The molecule has 4 saturated heterocycles. The van der Waals surface area contributed by atoms with E-state index in [-0.39, 0.29) is 27.0 Å². The molecule has 8 aliphatic rings. The molecule has 4 aromatic carbocycles. The third-order valence-corrected chi connectivity index (χ3v) is 13.5. The zero-order chi connectivity index (χ0) is 138. The van der Waals surface area contributed by atoms with Crippen LogP contribution in [0.5, 0.6) is 46.0 Å². The van der Waals surface area contributed by atoms with Gasteiger partial charge in [-0.1, -0.05) is 68.0 Å². The average molecular weight is 1380 g/mol. The van der Waals surface area contributed by atoms with Crippen molar-refractivity contribution in [1.82, 2.24) is 19.6 Å². The fraction of sp³-hybridized carbons (Fsp3) is 0.641. The first-order chi connectivity index (χ1) is 76.3. The molecule has 16 heteroatoms. The molecule has 4 fully saturated rings. The van der Waals surface area contributed by atoms with Gasteiger partial charge in [0.15, 0.2) is 46.0 Å². The topological polar surface area (TPSA) is 155 Å². The van der Waals surface area contributed by atoms with E-state index in [2.05, 4.69) is 18.9 Å². The van der Waals surface area contributed by atoms with Crippen molar-refractivity contribution in [1.29, 1.82) is 0 Å². The summed E-state index contributed by atoms with van der Waals surface area (Å²) in [6, 6.07) is -25.7. The Balaban J connectivity index is 0.000000256. The van der Waals surface area contributed by atoms with Crippen molar-refractivity contribution in [2.24, 2.45) is 47.2 Å². The van der Waals surface area contributed by atoms with Gasteiger partial charge < -0.3 is 37.9 Å². The van der Waals surface area contributed by atoms with E-state index < -0.39 is 437 Å². The number of methoxy groups -OCH3 is 8. The van der Waals surface area contributed by atoms with E-state index in [9.17, 15) is 24.7 Å². The van der Waals surface area contributed by atoms with Gasteiger partial charge in [-0.3, -0.25) is 38.8 Å². The average Bonchev–Trinajstić information content (AvgIpc) is 0.637. The zero-order valence-electron chi connectivity index (χ0n) is 131. The lowest BCUT2D eigenvalue weighted by Crippen LogP contribution is -2.46. The smallest absolute Gasteiger partial charge is 0.161 e. The van der Waals surface area contributed by atoms with E-state index in [1.807, 2.05) is 0 Å². The highest BCUT2D eigenvalue weighted by Gasteiger charge is 2.43. The minimum absolute atomic E-state index is 0.0550. The van der Waals surface area contributed by atoms with Gasteiger partial charge >= 0.3 is 0 Å². The Morgan fingerprint density at radius 1 is 0.457 bits per heavy atom. The molecule has 8 aliphatic heterocycles. The Morgan fingerprint density at radius 3 is 1.16 bits per heavy atom. The Hall–Kier alpha value is -6.20. The molecule has 8 heterocycles. The van der Waals surface area contributed by atoms with Crippen molar-refractivity contribution in [3.8, 4) is 46.0 Å². The number of carbonyl (C=O) groups excluding carboxylic acids is 4. The quantitative estimate of drug-likeness (QED) is 0.0926. The van der Waals surface area contributed by atoms with E-state index in [0.717, 1.165) is 0 Å². The summed E-state index contributed by atoms with van der Waals surface area (Å²) in [7, 11) is -27.9. The molecule has 10 atom stereocenters. The maximum Gasteiger partial charge on any atom is 0.161 e. The predicted molar refractivity (Wildman–Crippen MR) is 370 cm³/mol. The van der Waals surface area contributed by atoms with Crippen molar-refractivity contribution in [2.75, 3.05) is 108 Å². The largest absolute Gasteiger partial charge is 0.493 e. The van der Waals surface area contributed by atoms with Crippen molar-refractivity contribution >= 4 is 23.1 Å². The Morgan fingerprint density at radius 2 is 0.798 bits per heavy atom. The Bertz CT molecular complexity index is 7030. The van der Waals surface area contributed by atoms with Crippen LogP contribution in [-0.2, 0) is 44.7 Å². The van der Waals surface area contributed by atoms with E-state index in [0.29, 0.717) is 13.8 Å². The number of hydrogen-bond donors (Lipinski definition) is 0. The third-order valence-electron chi connectivity index (χ3n) is 13.5. The van der Waals surface area contributed by atoms with Crippen LogP contribution in [0, 0.1) is 47.2 Å². The second-order valence-corrected chi connectivity index (χ2v) is 20.6. The van der Waals surface area contributed by atoms with Crippen LogP contribution in [0.2, 0.25) is 0 Å². The second kappa shape index (κ2) is 32.7. The molecule has 0 aliphatic carbocycles. The fourth-order valence-corrected chi connectivity index (χ4v) is 9.20. The normalized spacial score (nSPS) is 52.0. The first kappa shape index (κ1) is 21.2. The lowest BCUT2D eigenvalue weighted by Gasteiger charge is -2.43. The molecular weight excluding hydrogens is 1180 g/mol. The molecular formula is C78H112N4O12. The van der Waals surface area contributed by atoms with E-state index in [4.69, 9.17) is 124 Å². The third kappa shape index (κ3) is 16.4. The van der Waals surface area contributed by atoms with Gasteiger partial charge in [-0.2, -0.15) is 0 Å². The highest BCUT2D eigenvalue weighted by atomic mass is 16.5. The lowest BCUT2D eigenvalue weighted by molar-refractivity contribution is -0.130. The highest BCUT2D eigenvalue weighted by molar-refractivity contribution is 5.85. The number of piperidine rings is 4. The number of fused-ring (bicyclic) bond motifs is 12. The van der Waals surface area contributed by atoms with Crippen LogP contribution in [0.3, 0.4) is 0 Å². The minimum atomic E-state index is -4.64. The molecule has 0 spiro atoms. The summed E-state index contributed by atoms with van der Waals surface area (Å²) in [4.78, 5) is 53.6. The molecule has 10 unspecified atom stereocenters. The molecule has 0 radical (unpaired) electrons. The minimum Gasteiger partial charge on any atom is -0.493 e. The number of nitrogens with zero attached hydrogens (tertiary/aromatic N) is 4. The molecule has 516 valence electrons. The van der Waals surface area contributed by atoms with Gasteiger partial charge in [0.2, 0.25) is 0 Å². The van der Waals surface area contributed by atoms with Gasteiger partial charge in [0, 0.05) is 187 Å². The number of carbonyl (C=O) groups is 4. The zero-order valence-corrected chi connectivity index (χ0v) is 49.9. The highest BCUT2D eigenvalue weighted by Crippen LogP contribution is 2.48. The lowest BCUT2D eigenvalue weighted by atomic mass is 9.79. The monoisotopic (exact) mass is 1380 g/mol. The van der Waals surface area contributed by atoms with Crippen molar-refractivity contribution < 1.29 is 168 Å². The van der Waals surface area contributed by atoms with Crippen LogP contribution < -0.4 is 37.9 Å². The molecule has 4 aromatic rings. The van der Waals surface area contributed by atoms with Crippen LogP contribution in [0.1, 0.15) is 299 Å². The molecule has 94 heavy (non-hydrogen) atoms. The number of ketones is 4.